The molecule has 0 amide bonds. The zero-order valence-electron chi connectivity index (χ0n) is 6.68. The van der Waals surface area contributed by atoms with Gasteiger partial charge < -0.3 is 5.32 Å². The predicted molar refractivity (Wildman–Crippen MR) is 42.9 cm³/mol. The van der Waals surface area contributed by atoms with E-state index in [1.807, 2.05) is 0 Å². The lowest BCUT2D eigenvalue weighted by molar-refractivity contribution is 0.284. The van der Waals surface area contributed by atoms with Gasteiger partial charge in [-0.3, -0.25) is 4.79 Å². The van der Waals surface area contributed by atoms with Crippen molar-refractivity contribution < 1.29 is 4.79 Å². The average molecular weight is 152 g/mol. The molecular weight excluding hydrogens is 138 g/mol. The average Bonchev–Trinajstić information content (AvgIpc) is 2.47. The van der Waals surface area contributed by atoms with Gasteiger partial charge in [-0.1, -0.05) is 12.8 Å². The highest BCUT2D eigenvalue weighted by Crippen LogP contribution is 2.34. The number of fused-ring (bicyclic) bond motifs is 1. The molecular formula is C9H14NO. The summed E-state index contributed by atoms with van der Waals surface area (Å²) >= 11 is 0. The SMILES string of the molecule is O=[C]C1NCC2CCCCC21. The Morgan fingerprint density at radius 3 is 2.91 bits per heavy atom. The Morgan fingerprint density at radius 2 is 2.09 bits per heavy atom. The lowest BCUT2D eigenvalue weighted by atomic mass is 9.79. The van der Waals surface area contributed by atoms with E-state index in [-0.39, 0.29) is 6.04 Å². The second-order valence-electron chi connectivity index (χ2n) is 3.71. The third-order valence-corrected chi connectivity index (χ3v) is 3.12. The van der Waals surface area contributed by atoms with Crippen LogP contribution in [-0.2, 0) is 4.79 Å². The van der Waals surface area contributed by atoms with Gasteiger partial charge in [-0.15, -0.1) is 0 Å². The molecule has 0 aromatic heterocycles. The van der Waals surface area contributed by atoms with Crippen molar-refractivity contribution in [2.75, 3.05) is 6.54 Å². The van der Waals surface area contributed by atoms with Gasteiger partial charge >= 0.3 is 0 Å². The van der Waals surface area contributed by atoms with Crippen LogP contribution in [0.1, 0.15) is 25.7 Å². The van der Waals surface area contributed by atoms with Crippen molar-refractivity contribution in [2.45, 2.75) is 31.7 Å². The van der Waals surface area contributed by atoms with Crippen molar-refractivity contribution in [3.8, 4) is 0 Å². The third-order valence-electron chi connectivity index (χ3n) is 3.12. The zero-order chi connectivity index (χ0) is 7.68. The summed E-state index contributed by atoms with van der Waals surface area (Å²) < 4.78 is 0. The van der Waals surface area contributed by atoms with Crippen LogP contribution in [0.4, 0.5) is 0 Å². The van der Waals surface area contributed by atoms with Gasteiger partial charge in [0.1, 0.15) is 0 Å². The van der Waals surface area contributed by atoms with Crippen LogP contribution in [0, 0.1) is 11.8 Å². The lowest BCUT2D eigenvalue weighted by Gasteiger charge is -2.25. The minimum absolute atomic E-state index is 0.0558. The minimum Gasteiger partial charge on any atom is -0.307 e. The monoisotopic (exact) mass is 152 g/mol. The van der Waals surface area contributed by atoms with E-state index in [1.54, 1.807) is 0 Å². The molecule has 61 valence electrons. The lowest BCUT2D eigenvalue weighted by Crippen LogP contribution is -2.29. The molecule has 1 radical (unpaired) electrons. The fourth-order valence-electron chi connectivity index (χ4n) is 2.49. The molecule has 0 spiro atoms. The van der Waals surface area contributed by atoms with Gasteiger partial charge in [-0.25, -0.2) is 0 Å². The number of carbonyl (C=O) groups excluding carboxylic acids is 1. The number of rotatable bonds is 1. The molecule has 0 aromatic carbocycles. The number of hydrogen-bond donors (Lipinski definition) is 1. The van der Waals surface area contributed by atoms with Crippen LogP contribution in [0.3, 0.4) is 0 Å². The smallest absolute Gasteiger partial charge is 0.217 e. The Kier molecular flexibility index (Phi) is 1.95. The molecule has 1 aliphatic heterocycles. The molecule has 11 heavy (non-hydrogen) atoms. The highest BCUT2D eigenvalue weighted by Gasteiger charge is 2.37. The summed E-state index contributed by atoms with van der Waals surface area (Å²) in [5.74, 6) is 1.39. The van der Waals surface area contributed by atoms with Crippen LogP contribution in [0.25, 0.3) is 0 Å². The van der Waals surface area contributed by atoms with Crippen LogP contribution in [0.15, 0.2) is 0 Å². The maximum Gasteiger partial charge on any atom is 0.217 e. The van der Waals surface area contributed by atoms with Crippen LogP contribution in [0.2, 0.25) is 0 Å². The van der Waals surface area contributed by atoms with E-state index < -0.39 is 0 Å². The van der Waals surface area contributed by atoms with E-state index in [0.717, 1.165) is 12.5 Å². The largest absolute Gasteiger partial charge is 0.307 e. The second kappa shape index (κ2) is 2.94. The maximum atomic E-state index is 10.5. The van der Waals surface area contributed by atoms with Crippen molar-refractivity contribution in [3.63, 3.8) is 0 Å². The highest BCUT2D eigenvalue weighted by molar-refractivity contribution is 5.60. The van der Waals surface area contributed by atoms with Crippen molar-refractivity contribution >= 4 is 6.29 Å². The van der Waals surface area contributed by atoms with Crippen molar-refractivity contribution in [1.29, 1.82) is 0 Å². The third kappa shape index (κ3) is 1.20. The summed E-state index contributed by atoms with van der Waals surface area (Å²) in [4.78, 5) is 10.5. The Morgan fingerprint density at radius 1 is 1.27 bits per heavy atom. The van der Waals surface area contributed by atoms with Crippen molar-refractivity contribution in [3.05, 3.63) is 0 Å². The summed E-state index contributed by atoms with van der Waals surface area (Å²) in [5.41, 5.74) is 0. The molecule has 1 saturated carbocycles. The van der Waals surface area contributed by atoms with E-state index in [0.29, 0.717) is 5.92 Å². The van der Waals surface area contributed by atoms with E-state index >= 15 is 0 Å². The molecule has 1 N–H and O–H groups in total. The molecule has 1 saturated heterocycles. The molecule has 2 heteroatoms. The standard InChI is InChI=1S/C9H14NO/c11-6-9-8-4-2-1-3-7(8)5-10-9/h7-10H,1-5H2. The van der Waals surface area contributed by atoms with Gasteiger partial charge in [0.25, 0.3) is 0 Å². The van der Waals surface area contributed by atoms with Crippen LogP contribution in [0.5, 0.6) is 0 Å². The second-order valence-corrected chi connectivity index (χ2v) is 3.71. The topological polar surface area (TPSA) is 29.1 Å². The first-order valence-electron chi connectivity index (χ1n) is 4.53. The summed E-state index contributed by atoms with van der Waals surface area (Å²) in [6, 6.07) is 0.0558. The molecule has 2 rings (SSSR count). The molecule has 2 fully saturated rings. The van der Waals surface area contributed by atoms with E-state index in [9.17, 15) is 4.79 Å². The molecule has 3 unspecified atom stereocenters. The Balaban J connectivity index is 2.03. The molecule has 0 bridgehead atoms. The van der Waals surface area contributed by atoms with E-state index in [1.165, 1.54) is 25.7 Å². The summed E-state index contributed by atoms with van der Waals surface area (Å²) in [5, 5.41) is 3.22. The van der Waals surface area contributed by atoms with Gasteiger partial charge in [-0.2, -0.15) is 0 Å². The predicted octanol–water partition coefficient (Wildman–Crippen LogP) is 0.874. The Hall–Kier alpha value is -0.370. The van der Waals surface area contributed by atoms with Gasteiger partial charge in [0.05, 0.1) is 6.04 Å². The summed E-state index contributed by atoms with van der Waals surface area (Å²) in [7, 11) is 0. The first-order chi connectivity index (χ1) is 5.42. The highest BCUT2D eigenvalue weighted by atomic mass is 16.1. The Bertz CT molecular complexity index is 158. The fraction of sp³-hybridized carbons (Fsp3) is 0.889. The van der Waals surface area contributed by atoms with Crippen LogP contribution in [-0.4, -0.2) is 18.9 Å². The molecule has 2 nitrogen and oxygen atoms in total. The summed E-state index contributed by atoms with van der Waals surface area (Å²) in [6.45, 7) is 1.05. The molecule has 1 heterocycles. The van der Waals surface area contributed by atoms with Crippen molar-refractivity contribution in [1.82, 2.24) is 5.32 Å². The first-order valence-corrected chi connectivity index (χ1v) is 4.53. The first kappa shape index (κ1) is 7.29. The molecule has 3 atom stereocenters. The maximum absolute atomic E-state index is 10.5. The van der Waals surface area contributed by atoms with Crippen molar-refractivity contribution in [2.24, 2.45) is 11.8 Å². The molecule has 2 aliphatic rings. The fourth-order valence-corrected chi connectivity index (χ4v) is 2.49. The van der Waals surface area contributed by atoms with Gasteiger partial charge in [0.2, 0.25) is 6.29 Å². The number of nitrogens with one attached hydrogen (secondary N) is 1. The minimum atomic E-state index is 0.0558. The Labute approximate surface area is 67.4 Å². The van der Waals surface area contributed by atoms with Crippen LogP contribution >= 0.6 is 0 Å². The van der Waals surface area contributed by atoms with E-state index in [2.05, 4.69) is 11.6 Å². The van der Waals surface area contributed by atoms with Gasteiger partial charge in [-0.05, 0) is 31.2 Å². The number of hydrogen-bond acceptors (Lipinski definition) is 2. The van der Waals surface area contributed by atoms with Gasteiger partial charge in [0, 0.05) is 0 Å². The normalized spacial score (nSPS) is 43.5. The van der Waals surface area contributed by atoms with E-state index in [4.69, 9.17) is 0 Å². The summed E-state index contributed by atoms with van der Waals surface area (Å²) in [6.07, 6.45) is 7.31. The zero-order valence-corrected chi connectivity index (χ0v) is 6.68. The quantitative estimate of drug-likeness (QED) is 0.604. The van der Waals surface area contributed by atoms with Crippen LogP contribution < -0.4 is 5.32 Å². The van der Waals surface area contributed by atoms with Gasteiger partial charge in [0.15, 0.2) is 0 Å². The molecule has 1 aliphatic carbocycles. The molecule has 0 aromatic rings.